The van der Waals surface area contributed by atoms with Gasteiger partial charge in [0.2, 0.25) is 0 Å². The number of halogens is 1. The van der Waals surface area contributed by atoms with Crippen LogP contribution in [0.25, 0.3) is 0 Å². The first kappa shape index (κ1) is 14.9. The molecule has 106 valence electrons. The van der Waals surface area contributed by atoms with Crippen LogP contribution in [-0.4, -0.2) is 21.3 Å². The molecule has 4 heteroatoms. The fraction of sp³-hybridized carbons (Fsp3) is 0.250. The number of hydrogen-bond acceptors (Lipinski definition) is 3. The molecular formula is C16H18BrNO2. The van der Waals surface area contributed by atoms with E-state index in [-0.39, 0.29) is 6.04 Å². The lowest BCUT2D eigenvalue weighted by atomic mass is 9.98. The Bertz CT molecular complexity index is 569. The van der Waals surface area contributed by atoms with Crippen LogP contribution in [0.3, 0.4) is 0 Å². The molecule has 0 bridgehead atoms. The Hall–Kier alpha value is -1.52. The summed E-state index contributed by atoms with van der Waals surface area (Å²) in [7, 11) is 5.29. The molecule has 0 saturated carbocycles. The molecule has 0 heterocycles. The Kier molecular flexibility index (Phi) is 5.04. The van der Waals surface area contributed by atoms with Crippen LogP contribution >= 0.6 is 15.9 Å². The summed E-state index contributed by atoms with van der Waals surface area (Å²) < 4.78 is 11.4. The van der Waals surface area contributed by atoms with Gasteiger partial charge in [-0.1, -0.05) is 34.1 Å². The maximum atomic E-state index is 5.23. The summed E-state index contributed by atoms with van der Waals surface area (Å²) in [6, 6.07) is 14.2. The summed E-state index contributed by atoms with van der Waals surface area (Å²) in [6.45, 7) is 0. The Morgan fingerprint density at radius 1 is 0.950 bits per heavy atom. The smallest absolute Gasteiger partial charge is 0.120 e. The third-order valence-electron chi connectivity index (χ3n) is 3.26. The van der Waals surface area contributed by atoms with Gasteiger partial charge in [-0.2, -0.15) is 0 Å². The minimum Gasteiger partial charge on any atom is -0.497 e. The predicted octanol–water partition coefficient (Wildman–Crippen LogP) is 3.78. The number of rotatable bonds is 5. The van der Waals surface area contributed by atoms with Crippen molar-refractivity contribution in [2.24, 2.45) is 0 Å². The van der Waals surface area contributed by atoms with E-state index < -0.39 is 0 Å². The number of methoxy groups -OCH3 is 2. The van der Waals surface area contributed by atoms with Crippen molar-refractivity contribution >= 4 is 15.9 Å². The molecule has 0 aliphatic carbocycles. The van der Waals surface area contributed by atoms with Crippen LogP contribution in [0.1, 0.15) is 17.2 Å². The number of ether oxygens (including phenoxy) is 2. The second-order valence-corrected chi connectivity index (χ2v) is 5.24. The molecule has 3 nitrogen and oxygen atoms in total. The van der Waals surface area contributed by atoms with Crippen molar-refractivity contribution in [3.8, 4) is 11.5 Å². The van der Waals surface area contributed by atoms with E-state index in [0.29, 0.717) is 0 Å². The molecule has 0 aliphatic rings. The van der Waals surface area contributed by atoms with E-state index in [4.69, 9.17) is 9.47 Å². The molecule has 1 unspecified atom stereocenters. The Morgan fingerprint density at radius 2 is 1.55 bits per heavy atom. The molecule has 1 N–H and O–H groups in total. The molecule has 0 radical (unpaired) electrons. The van der Waals surface area contributed by atoms with Gasteiger partial charge in [0.1, 0.15) is 11.5 Å². The fourth-order valence-electron chi connectivity index (χ4n) is 2.17. The zero-order valence-electron chi connectivity index (χ0n) is 11.8. The Labute approximate surface area is 128 Å². The highest BCUT2D eigenvalue weighted by Crippen LogP contribution is 2.31. The van der Waals surface area contributed by atoms with Gasteiger partial charge in [-0.05, 0) is 42.4 Å². The minimum atomic E-state index is 0.112. The highest BCUT2D eigenvalue weighted by Gasteiger charge is 2.15. The second kappa shape index (κ2) is 6.77. The van der Waals surface area contributed by atoms with E-state index in [9.17, 15) is 0 Å². The first-order valence-corrected chi connectivity index (χ1v) is 7.13. The lowest BCUT2D eigenvalue weighted by molar-refractivity contribution is 0.414. The quantitative estimate of drug-likeness (QED) is 0.902. The minimum absolute atomic E-state index is 0.112. The van der Waals surface area contributed by atoms with E-state index >= 15 is 0 Å². The Balaban J connectivity index is 2.35. The van der Waals surface area contributed by atoms with Gasteiger partial charge in [-0.15, -0.1) is 0 Å². The Morgan fingerprint density at radius 3 is 2.05 bits per heavy atom. The van der Waals surface area contributed by atoms with E-state index in [1.165, 1.54) is 11.1 Å². The molecule has 0 saturated heterocycles. The van der Waals surface area contributed by atoms with E-state index in [2.05, 4.69) is 39.4 Å². The average molecular weight is 336 g/mol. The van der Waals surface area contributed by atoms with E-state index in [1.807, 2.05) is 31.3 Å². The van der Waals surface area contributed by atoms with Gasteiger partial charge in [-0.3, -0.25) is 0 Å². The fourth-order valence-corrected chi connectivity index (χ4v) is 2.75. The second-order valence-electron chi connectivity index (χ2n) is 4.38. The summed E-state index contributed by atoms with van der Waals surface area (Å²) in [5.41, 5.74) is 2.35. The molecular weight excluding hydrogens is 318 g/mol. The van der Waals surface area contributed by atoms with E-state index in [1.54, 1.807) is 14.2 Å². The molecule has 0 fully saturated rings. The highest BCUT2D eigenvalue weighted by molar-refractivity contribution is 9.10. The van der Waals surface area contributed by atoms with Gasteiger partial charge in [0.15, 0.2) is 0 Å². The van der Waals surface area contributed by atoms with Crippen molar-refractivity contribution in [2.75, 3.05) is 21.3 Å². The molecule has 20 heavy (non-hydrogen) atoms. The van der Waals surface area contributed by atoms with Crippen molar-refractivity contribution in [1.29, 1.82) is 0 Å². The molecule has 0 spiro atoms. The zero-order valence-corrected chi connectivity index (χ0v) is 13.4. The first-order valence-electron chi connectivity index (χ1n) is 6.34. The van der Waals surface area contributed by atoms with E-state index in [0.717, 1.165) is 16.0 Å². The highest BCUT2D eigenvalue weighted by atomic mass is 79.9. The molecule has 1 atom stereocenters. The maximum Gasteiger partial charge on any atom is 0.120 e. The molecule has 2 rings (SSSR count). The summed E-state index contributed by atoms with van der Waals surface area (Å²) >= 11 is 3.61. The monoisotopic (exact) mass is 335 g/mol. The molecule has 0 aromatic heterocycles. The van der Waals surface area contributed by atoms with Crippen LogP contribution in [-0.2, 0) is 0 Å². The van der Waals surface area contributed by atoms with Crippen LogP contribution in [0, 0.1) is 0 Å². The van der Waals surface area contributed by atoms with Gasteiger partial charge >= 0.3 is 0 Å². The largest absolute Gasteiger partial charge is 0.497 e. The molecule has 2 aromatic carbocycles. The van der Waals surface area contributed by atoms with Crippen LogP contribution in [0.5, 0.6) is 11.5 Å². The summed E-state index contributed by atoms with van der Waals surface area (Å²) in [5.74, 6) is 1.70. The molecule has 0 amide bonds. The first-order chi connectivity index (χ1) is 9.69. The third kappa shape index (κ3) is 3.14. The molecule has 2 aromatic rings. The summed E-state index contributed by atoms with van der Waals surface area (Å²) in [6.07, 6.45) is 0. The standard InChI is InChI=1S/C16H18BrNO2/c1-18-16(11-4-6-12(19-2)7-5-11)14-9-8-13(20-3)10-15(14)17/h4-10,16,18H,1-3H3. The number of hydrogen-bond donors (Lipinski definition) is 1. The van der Waals surface area contributed by atoms with Crippen molar-refractivity contribution in [2.45, 2.75) is 6.04 Å². The maximum absolute atomic E-state index is 5.23. The van der Waals surface area contributed by atoms with Gasteiger partial charge in [0.05, 0.1) is 20.3 Å². The summed E-state index contributed by atoms with van der Waals surface area (Å²) in [5, 5.41) is 3.34. The predicted molar refractivity (Wildman–Crippen MR) is 84.6 cm³/mol. The summed E-state index contributed by atoms with van der Waals surface area (Å²) in [4.78, 5) is 0. The van der Waals surface area contributed by atoms with Gasteiger partial charge in [0, 0.05) is 4.47 Å². The average Bonchev–Trinajstić information content (AvgIpc) is 2.50. The topological polar surface area (TPSA) is 30.5 Å². The third-order valence-corrected chi connectivity index (χ3v) is 3.94. The lowest BCUT2D eigenvalue weighted by Crippen LogP contribution is -2.18. The number of nitrogens with one attached hydrogen (secondary N) is 1. The van der Waals surface area contributed by atoms with Crippen LogP contribution in [0.15, 0.2) is 46.9 Å². The normalized spacial score (nSPS) is 12.0. The lowest BCUT2D eigenvalue weighted by Gasteiger charge is -2.19. The van der Waals surface area contributed by atoms with Crippen LogP contribution in [0.2, 0.25) is 0 Å². The SMILES string of the molecule is CNC(c1ccc(OC)cc1)c1ccc(OC)cc1Br. The van der Waals surface area contributed by atoms with Crippen LogP contribution < -0.4 is 14.8 Å². The van der Waals surface area contributed by atoms with Gasteiger partial charge < -0.3 is 14.8 Å². The van der Waals surface area contributed by atoms with Crippen molar-refractivity contribution < 1.29 is 9.47 Å². The number of benzene rings is 2. The van der Waals surface area contributed by atoms with Crippen molar-refractivity contribution in [3.05, 3.63) is 58.1 Å². The molecule has 0 aliphatic heterocycles. The van der Waals surface area contributed by atoms with Gasteiger partial charge in [0.25, 0.3) is 0 Å². The zero-order chi connectivity index (χ0) is 14.5. The van der Waals surface area contributed by atoms with Crippen LogP contribution in [0.4, 0.5) is 0 Å². The van der Waals surface area contributed by atoms with Gasteiger partial charge in [-0.25, -0.2) is 0 Å². The van der Waals surface area contributed by atoms with Crippen molar-refractivity contribution in [1.82, 2.24) is 5.32 Å². The van der Waals surface area contributed by atoms with Crippen molar-refractivity contribution in [3.63, 3.8) is 0 Å².